The van der Waals surface area contributed by atoms with Crippen LogP contribution < -0.4 is 0 Å². The lowest BCUT2D eigenvalue weighted by Gasteiger charge is -2.39. The summed E-state index contributed by atoms with van der Waals surface area (Å²) >= 11 is 0. The number of amides is 1. The molecule has 0 saturated carbocycles. The number of β-amino-alcohol motifs (C(OH)–C–C–N with tert-alkyl or cyclic N) is 1. The van der Waals surface area contributed by atoms with Gasteiger partial charge in [-0.25, -0.2) is 0 Å². The first-order chi connectivity index (χ1) is 10.9. The van der Waals surface area contributed by atoms with Crippen LogP contribution in [0.5, 0.6) is 0 Å². The lowest BCUT2D eigenvalue weighted by Crippen LogP contribution is -2.49. The molecule has 0 aliphatic carbocycles. The van der Waals surface area contributed by atoms with Gasteiger partial charge in [0.15, 0.2) is 0 Å². The number of likely N-dealkylation sites (tertiary alicyclic amines) is 1. The highest BCUT2D eigenvalue weighted by Crippen LogP contribution is 2.32. The number of nitrogens with zero attached hydrogens (tertiary/aromatic N) is 1. The number of aliphatic hydroxyl groups is 1. The summed E-state index contributed by atoms with van der Waals surface area (Å²) in [6, 6.07) is 14.7. The summed E-state index contributed by atoms with van der Waals surface area (Å²) in [5, 5.41) is 13.0. The van der Waals surface area contributed by atoms with Crippen LogP contribution in [0.25, 0.3) is 10.8 Å². The molecule has 122 valence electrons. The third-order valence-electron chi connectivity index (χ3n) is 4.71. The third kappa shape index (κ3) is 3.25. The van der Waals surface area contributed by atoms with Gasteiger partial charge in [0, 0.05) is 24.4 Å². The van der Waals surface area contributed by atoms with E-state index in [4.69, 9.17) is 0 Å². The molecular weight excluding hydrogens is 286 g/mol. The number of piperidine rings is 1. The molecule has 2 aromatic carbocycles. The molecule has 1 amide bonds. The molecule has 3 heteroatoms. The Bertz CT molecular complexity index is 717. The second-order valence-electron chi connectivity index (χ2n) is 7.57. The van der Waals surface area contributed by atoms with E-state index in [2.05, 4.69) is 30.3 Å². The van der Waals surface area contributed by atoms with E-state index >= 15 is 0 Å². The van der Waals surface area contributed by atoms with Gasteiger partial charge in [0.25, 0.3) is 0 Å². The molecule has 0 aromatic heterocycles. The lowest BCUT2D eigenvalue weighted by molar-refractivity contribution is -0.143. The molecule has 1 N–H and O–H groups in total. The van der Waals surface area contributed by atoms with Gasteiger partial charge in [-0.2, -0.15) is 0 Å². The van der Waals surface area contributed by atoms with Crippen molar-refractivity contribution in [3.63, 3.8) is 0 Å². The van der Waals surface area contributed by atoms with E-state index in [1.807, 2.05) is 37.8 Å². The summed E-state index contributed by atoms with van der Waals surface area (Å²) in [5.41, 5.74) is 0.772. The van der Waals surface area contributed by atoms with Crippen molar-refractivity contribution in [2.24, 2.45) is 5.41 Å². The van der Waals surface area contributed by atoms with Crippen LogP contribution in [0.4, 0.5) is 0 Å². The average Bonchev–Trinajstić information content (AvgIpc) is 2.52. The molecule has 3 rings (SSSR count). The standard InChI is InChI=1S/C20H25NO2/c1-20(2,3)19(23)21-11-10-17(18(22)13-21)16-9-8-14-6-4-5-7-15(14)12-16/h4-9,12,17-18,22H,10-11,13H2,1-3H3/t17-,18+/m0/s1. The van der Waals surface area contributed by atoms with Crippen molar-refractivity contribution in [2.75, 3.05) is 13.1 Å². The maximum atomic E-state index is 12.4. The fourth-order valence-electron chi connectivity index (χ4n) is 3.42. The number of carbonyl (C=O) groups excluding carboxylic acids is 1. The number of fused-ring (bicyclic) bond motifs is 1. The van der Waals surface area contributed by atoms with E-state index in [0.717, 1.165) is 6.42 Å². The Balaban J connectivity index is 1.78. The summed E-state index contributed by atoms with van der Waals surface area (Å²) in [5.74, 6) is 0.220. The minimum Gasteiger partial charge on any atom is -0.391 e. The van der Waals surface area contributed by atoms with E-state index in [-0.39, 0.29) is 11.8 Å². The highest BCUT2D eigenvalue weighted by molar-refractivity contribution is 5.83. The van der Waals surface area contributed by atoms with Crippen molar-refractivity contribution in [2.45, 2.75) is 39.2 Å². The van der Waals surface area contributed by atoms with Gasteiger partial charge >= 0.3 is 0 Å². The maximum Gasteiger partial charge on any atom is 0.228 e. The Morgan fingerprint density at radius 2 is 1.83 bits per heavy atom. The summed E-state index contributed by atoms with van der Waals surface area (Å²) in [6.45, 7) is 6.92. The lowest BCUT2D eigenvalue weighted by atomic mass is 9.85. The van der Waals surface area contributed by atoms with Crippen LogP contribution in [0, 0.1) is 5.41 Å². The zero-order valence-electron chi connectivity index (χ0n) is 14.1. The van der Waals surface area contributed by atoms with Crippen molar-refractivity contribution in [1.29, 1.82) is 0 Å². The molecule has 2 atom stereocenters. The van der Waals surface area contributed by atoms with Crippen molar-refractivity contribution < 1.29 is 9.90 Å². The van der Waals surface area contributed by atoms with Crippen LogP contribution in [0.1, 0.15) is 38.7 Å². The van der Waals surface area contributed by atoms with Gasteiger partial charge in [-0.3, -0.25) is 4.79 Å². The van der Waals surface area contributed by atoms with E-state index < -0.39 is 11.5 Å². The van der Waals surface area contributed by atoms with Crippen LogP contribution in [-0.2, 0) is 4.79 Å². The highest BCUT2D eigenvalue weighted by atomic mass is 16.3. The Kier molecular flexibility index (Phi) is 4.15. The summed E-state index contributed by atoms with van der Waals surface area (Å²) in [4.78, 5) is 14.2. The van der Waals surface area contributed by atoms with Crippen LogP contribution in [0.3, 0.4) is 0 Å². The normalized spacial score (nSPS) is 22.3. The highest BCUT2D eigenvalue weighted by Gasteiger charge is 2.35. The van der Waals surface area contributed by atoms with E-state index in [9.17, 15) is 9.90 Å². The first-order valence-electron chi connectivity index (χ1n) is 8.32. The van der Waals surface area contributed by atoms with E-state index in [1.165, 1.54) is 16.3 Å². The van der Waals surface area contributed by atoms with Crippen LogP contribution in [0.15, 0.2) is 42.5 Å². The molecule has 1 aliphatic heterocycles. The molecule has 0 unspecified atom stereocenters. The maximum absolute atomic E-state index is 12.4. The van der Waals surface area contributed by atoms with Gasteiger partial charge in [-0.15, -0.1) is 0 Å². The number of benzene rings is 2. The van der Waals surface area contributed by atoms with Gasteiger partial charge in [0.2, 0.25) is 5.91 Å². The smallest absolute Gasteiger partial charge is 0.228 e. The molecule has 0 bridgehead atoms. The Labute approximate surface area is 137 Å². The SMILES string of the molecule is CC(C)(C)C(=O)N1CC[C@@H](c2ccc3ccccc3c2)[C@H](O)C1. The molecule has 3 nitrogen and oxygen atoms in total. The molecule has 1 fully saturated rings. The first-order valence-corrected chi connectivity index (χ1v) is 8.32. The molecule has 1 heterocycles. The Morgan fingerprint density at radius 1 is 1.13 bits per heavy atom. The second-order valence-corrected chi connectivity index (χ2v) is 7.57. The minimum atomic E-state index is -0.504. The number of aliphatic hydroxyl groups excluding tert-OH is 1. The van der Waals surface area contributed by atoms with Crippen LogP contribution in [-0.4, -0.2) is 35.1 Å². The molecule has 0 spiro atoms. The zero-order chi connectivity index (χ0) is 16.6. The number of hydrogen-bond donors (Lipinski definition) is 1. The second kappa shape index (κ2) is 5.97. The summed E-state index contributed by atoms with van der Waals surface area (Å²) in [6.07, 6.45) is 0.303. The van der Waals surface area contributed by atoms with Crippen molar-refractivity contribution in [3.8, 4) is 0 Å². The van der Waals surface area contributed by atoms with Crippen LogP contribution >= 0.6 is 0 Å². The summed E-state index contributed by atoms with van der Waals surface area (Å²) < 4.78 is 0. The van der Waals surface area contributed by atoms with Crippen LogP contribution in [0.2, 0.25) is 0 Å². The molecule has 23 heavy (non-hydrogen) atoms. The molecular formula is C20H25NO2. The fraction of sp³-hybridized carbons (Fsp3) is 0.450. The molecule has 1 aliphatic rings. The van der Waals surface area contributed by atoms with Gasteiger partial charge in [0.05, 0.1) is 6.10 Å². The number of carbonyl (C=O) groups is 1. The van der Waals surface area contributed by atoms with Gasteiger partial charge in [-0.1, -0.05) is 63.2 Å². The Hall–Kier alpha value is -1.87. The zero-order valence-corrected chi connectivity index (χ0v) is 14.1. The monoisotopic (exact) mass is 311 g/mol. The predicted molar refractivity (Wildman–Crippen MR) is 93.3 cm³/mol. The van der Waals surface area contributed by atoms with Crippen molar-refractivity contribution in [3.05, 3.63) is 48.0 Å². The van der Waals surface area contributed by atoms with Gasteiger partial charge in [0.1, 0.15) is 0 Å². The topological polar surface area (TPSA) is 40.5 Å². The number of hydrogen-bond acceptors (Lipinski definition) is 2. The van der Waals surface area contributed by atoms with Crippen molar-refractivity contribution in [1.82, 2.24) is 4.90 Å². The summed E-state index contributed by atoms with van der Waals surface area (Å²) in [7, 11) is 0. The quantitative estimate of drug-likeness (QED) is 0.875. The average molecular weight is 311 g/mol. The minimum absolute atomic E-state index is 0.101. The van der Waals surface area contributed by atoms with Gasteiger partial charge < -0.3 is 10.0 Å². The number of rotatable bonds is 1. The first kappa shape index (κ1) is 16.0. The fourth-order valence-corrected chi connectivity index (χ4v) is 3.42. The Morgan fingerprint density at radius 3 is 2.48 bits per heavy atom. The predicted octanol–water partition coefficient (Wildman–Crippen LogP) is 3.56. The largest absolute Gasteiger partial charge is 0.391 e. The van der Waals surface area contributed by atoms with Gasteiger partial charge in [-0.05, 0) is 22.8 Å². The molecule has 1 saturated heterocycles. The van der Waals surface area contributed by atoms with E-state index in [1.54, 1.807) is 0 Å². The molecule has 0 radical (unpaired) electrons. The third-order valence-corrected chi connectivity index (χ3v) is 4.71. The van der Waals surface area contributed by atoms with Crippen molar-refractivity contribution >= 4 is 16.7 Å². The molecule has 2 aromatic rings. The van der Waals surface area contributed by atoms with E-state index in [0.29, 0.717) is 13.1 Å².